The Morgan fingerprint density at radius 2 is 0.697 bits per heavy atom. The highest BCUT2D eigenvalue weighted by atomic mass is 16.3. The van der Waals surface area contributed by atoms with Gasteiger partial charge in [0, 0.05) is 54.0 Å². The Balaban J connectivity index is 1.22. The van der Waals surface area contributed by atoms with Crippen molar-refractivity contribution in [2.45, 2.75) is 0 Å². The highest BCUT2D eigenvalue weighted by Gasteiger charge is 2.35. The van der Waals surface area contributed by atoms with Crippen LogP contribution in [-0.2, 0) is 0 Å². The van der Waals surface area contributed by atoms with Gasteiger partial charge in [0.1, 0.15) is 33.5 Å². The molecule has 0 unspecified atom stereocenters. The number of hydrogen-bond acceptors (Lipinski definition) is 4. The molecule has 17 aromatic rings. The Bertz CT molecular complexity index is 5510. The van der Waals surface area contributed by atoms with Crippen LogP contribution in [0.25, 0.3) is 164 Å². The Hall–Kier alpha value is -10.8. The van der Waals surface area contributed by atoms with Gasteiger partial charge in [-0.2, -0.15) is 5.26 Å². The van der Waals surface area contributed by atoms with E-state index in [0.29, 0.717) is 17.0 Å². The zero-order valence-corrected chi connectivity index (χ0v) is 40.2. The molecule has 0 aliphatic rings. The highest BCUT2D eigenvalue weighted by molar-refractivity contribution is 6.29. The van der Waals surface area contributed by atoms with E-state index in [1.165, 1.54) is 0 Å². The minimum atomic E-state index is 0.199. The molecule has 0 amide bonds. The van der Waals surface area contributed by atoms with Crippen LogP contribution < -0.4 is 0 Å². The number of hydrogen-bond donors (Lipinski definition) is 0. The van der Waals surface area contributed by atoms with E-state index >= 15 is 0 Å². The van der Waals surface area contributed by atoms with Crippen molar-refractivity contribution >= 4 is 137 Å². The van der Waals surface area contributed by atoms with Gasteiger partial charge in [-0.1, -0.05) is 140 Å². The maximum absolute atomic E-state index is 12.3. The number of para-hydroxylation sites is 6. The molecule has 17 rings (SSSR count). The molecule has 0 bridgehead atoms. The summed E-state index contributed by atoms with van der Waals surface area (Å²) < 4.78 is 27.0. The number of nitriles is 1. The van der Waals surface area contributed by atoms with Crippen LogP contribution in [0.1, 0.15) is 5.56 Å². The first-order valence-corrected chi connectivity index (χ1v) is 25.3. The molecule has 350 valence electrons. The van der Waals surface area contributed by atoms with Gasteiger partial charge in [0.2, 0.25) is 5.69 Å². The minimum Gasteiger partial charge on any atom is -0.456 e. The number of aromatic nitrogens is 3. The van der Waals surface area contributed by atoms with Crippen molar-refractivity contribution in [2.75, 3.05) is 0 Å². The lowest BCUT2D eigenvalue weighted by Gasteiger charge is -2.27. The predicted octanol–water partition coefficient (Wildman–Crippen LogP) is 18.8. The number of rotatable bonds is 4. The quantitative estimate of drug-likeness (QED) is 0.165. The van der Waals surface area contributed by atoms with Crippen molar-refractivity contribution in [3.63, 3.8) is 0 Å². The second-order valence-corrected chi connectivity index (χ2v) is 19.6. The Labute approximate surface area is 430 Å². The molecule has 0 radical (unpaired) electrons. The smallest absolute Gasteiger partial charge is 0.232 e. The fraction of sp³-hybridized carbons (Fsp3) is 0. The van der Waals surface area contributed by atoms with Gasteiger partial charge in [0.25, 0.3) is 0 Å². The second kappa shape index (κ2) is 14.9. The van der Waals surface area contributed by atoms with Crippen LogP contribution in [0.3, 0.4) is 0 Å². The maximum atomic E-state index is 12.3. The summed E-state index contributed by atoms with van der Waals surface area (Å²) in [6.07, 6.45) is 0. The van der Waals surface area contributed by atoms with Crippen LogP contribution >= 0.6 is 0 Å². The monoisotopic (exact) mass is 969 g/mol. The molecule has 0 aliphatic heterocycles. The molecule has 76 heavy (non-hydrogen) atoms. The van der Waals surface area contributed by atoms with Crippen molar-refractivity contribution < 1.29 is 13.3 Å². The number of nitrogens with zero attached hydrogens (tertiary/aromatic N) is 5. The number of benzene rings is 11. The van der Waals surface area contributed by atoms with E-state index in [-0.39, 0.29) is 11.3 Å². The number of furan rings is 3. The van der Waals surface area contributed by atoms with Crippen molar-refractivity contribution in [1.29, 1.82) is 5.26 Å². The highest BCUT2D eigenvalue weighted by Crippen LogP contribution is 2.54. The summed E-state index contributed by atoms with van der Waals surface area (Å²) in [7, 11) is 0. The standard InChI is InChI=1S/C68H35N5O3/c1-70-62-48(37-69)66(71-49-25-11-5-19-39(49)42-31-34-55-59(63(42)71)45-22-8-14-28-52(45)74-55)58(38-17-3-2-4-18-38)67(72-50-26-12-6-20-40(50)43-32-35-56-60(64(43)72)46-23-9-15-29-53(46)75-56)68(62)73-51-27-13-7-21-41(51)44-33-36-57-61(65(44)73)47-24-10-16-30-54(47)76-57/h2-36H. The molecule has 6 heterocycles. The van der Waals surface area contributed by atoms with E-state index in [9.17, 15) is 11.8 Å². The lowest BCUT2D eigenvalue weighted by molar-refractivity contribution is 0.669. The Kier molecular flexibility index (Phi) is 7.99. The van der Waals surface area contributed by atoms with Crippen molar-refractivity contribution in [2.24, 2.45) is 0 Å². The molecule has 0 saturated carbocycles. The van der Waals surface area contributed by atoms with E-state index < -0.39 is 0 Å². The molecule has 0 N–H and O–H groups in total. The summed E-state index contributed by atoms with van der Waals surface area (Å²) in [5.41, 5.74) is 13.7. The molecule has 0 aliphatic carbocycles. The fourth-order valence-corrected chi connectivity index (χ4v) is 12.9. The van der Waals surface area contributed by atoms with Crippen molar-refractivity contribution in [3.8, 4) is 34.3 Å². The first kappa shape index (κ1) is 40.8. The van der Waals surface area contributed by atoms with Crippen molar-refractivity contribution in [3.05, 3.63) is 229 Å². The average molecular weight is 970 g/mol. The third-order valence-electron chi connectivity index (χ3n) is 15.9. The van der Waals surface area contributed by atoms with Crippen LogP contribution in [0.4, 0.5) is 5.69 Å². The topological polar surface area (TPSA) is 82.4 Å². The summed E-state index contributed by atoms with van der Waals surface area (Å²) in [5.74, 6) is 0. The van der Waals surface area contributed by atoms with Crippen LogP contribution in [0, 0.1) is 17.9 Å². The minimum absolute atomic E-state index is 0.199. The average Bonchev–Trinajstić information content (AvgIpc) is 4.45. The molecular weight excluding hydrogens is 935 g/mol. The third kappa shape index (κ3) is 5.14. The van der Waals surface area contributed by atoms with E-state index in [0.717, 1.165) is 142 Å². The SMILES string of the molecule is [C-]#[N+]c1c(C#N)c(-n2c3ccccc3c3ccc4oc5ccccc5c4c32)c(-c2ccccc2)c(-n2c3ccccc3c3ccc4oc5ccccc5c4c32)c1-n1c2ccccc2c2ccc3oc4ccccc4c3c21. The van der Waals surface area contributed by atoms with Gasteiger partial charge in [-0.3, -0.25) is 0 Å². The fourth-order valence-electron chi connectivity index (χ4n) is 12.9. The van der Waals surface area contributed by atoms with E-state index in [1.807, 2.05) is 60.7 Å². The van der Waals surface area contributed by atoms with E-state index in [4.69, 9.17) is 13.3 Å². The summed E-state index contributed by atoms with van der Waals surface area (Å²) in [6.45, 7) is 9.70. The lowest BCUT2D eigenvalue weighted by Crippen LogP contribution is -2.12. The first-order valence-electron chi connectivity index (χ1n) is 25.3. The van der Waals surface area contributed by atoms with Gasteiger partial charge in [-0.25, -0.2) is 4.85 Å². The zero-order chi connectivity index (χ0) is 49.9. The first-order chi connectivity index (χ1) is 37.7. The molecule has 11 aromatic carbocycles. The van der Waals surface area contributed by atoms with Gasteiger partial charge in [0.15, 0.2) is 0 Å². The van der Waals surface area contributed by atoms with Crippen LogP contribution in [-0.4, -0.2) is 13.7 Å². The maximum Gasteiger partial charge on any atom is 0.232 e. The van der Waals surface area contributed by atoms with Crippen LogP contribution in [0.2, 0.25) is 0 Å². The third-order valence-corrected chi connectivity index (χ3v) is 15.9. The van der Waals surface area contributed by atoms with Gasteiger partial charge >= 0.3 is 0 Å². The zero-order valence-electron chi connectivity index (χ0n) is 40.2. The largest absolute Gasteiger partial charge is 0.456 e. The van der Waals surface area contributed by atoms with Crippen LogP contribution in [0.15, 0.2) is 226 Å². The molecule has 0 saturated heterocycles. The molecule has 8 nitrogen and oxygen atoms in total. The van der Waals surface area contributed by atoms with E-state index in [2.05, 4.69) is 176 Å². The number of fused-ring (bicyclic) bond motifs is 21. The summed E-state index contributed by atoms with van der Waals surface area (Å²) in [4.78, 5) is 4.66. The summed E-state index contributed by atoms with van der Waals surface area (Å²) >= 11 is 0. The summed E-state index contributed by atoms with van der Waals surface area (Å²) in [6, 6.07) is 75.6. The lowest BCUT2D eigenvalue weighted by atomic mass is 9.93. The molecule has 0 atom stereocenters. The van der Waals surface area contributed by atoms with E-state index in [1.54, 1.807) is 0 Å². The van der Waals surface area contributed by atoms with Gasteiger partial charge in [0.05, 0.1) is 84.5 Å². The van der Waals surface area contributed by atoms with Crippen LogP contribution in [0.5, 0.6) is 0 Å². The summed E-state index contributed by atoms with van der Waals surface area (Å²) in [5, 5.41) is 24.0. The second-order valence-electron chi connectivity index (χ2n) is 19.6. The molecule has 6 aromatic heterocycles. The van der Waals surface area contributed by atoms with Gasteiger partial charge in [-0.05, 0) is 78.4 Å². The predicted molar refractivity (Wildman–Crippen MR) is 308 cm³/mol. The van der Waals surface area contributed by atoms with Gasteiger partial charge < -0.3 is 27.0 Å². The molecule has 0 fully saturated rings. The molecule has 8 heteroatoms. The Morgan fingerprint density at radius 1 is 0.342 bits per heavy atom. The normalized spacial score (nSPS) is 12.2. The Morgan fingerprint density at radius 3 is 1.11 bits per heavy atom. The van der Waals surface area contributed by atoms with Gasteiger partial charge in [-0.15, -0.1) is 0 Å². The van der Waals surface area contributed by atoms with Crippen molar-refractivity contribution in [1.82, 2.24) is 13.7 Å². The molecular formula is C68H35N5O3. The molecule has 0 spiro atoms.